The smallest absolute Gasteiger partial charge is 0.345 e. The van der Waals surface area contributed by atoms with Crippen molar-refractivity contribution in [3.8, 4) is 17.1 Å². The molecule has 11 nitrogen and oxygen atoms in total. The minimum absolute atomic E-state index is 0.160. The number of hydrogen-bond acceptors (Lipinski definition) is 10. The summed E-state index contributed by atoms with van der Waals surface area (Å²) in [4.78, 5) is 33.6. The van der Waals surface area contributed by atoms with Crippen LogP contribution in [0.4, 0.5) is 10.8 Å². The predicted octanol–water partition coefficient (Wildman–Crippen LogP) is 3.08. The highest BCUT2D eigenvalue weighted by Gasteiger charge is 2.29. The third-order valence-corrected chi connectivity index (χ3v) is 5.42. The molecule has 0 unspecified atom stereocenters. The van der Waals surface area contributed by atoms with Gasteiger partial charge in [-0.25, -0.2) is 19.6 Å². The van der Waals surface area contributed by atoms with Gasteiger partial charge in [0.2, 0.25) is 10.8 Å². The molecule has 2 N–H and O–H groups in total. The van der Waals surface area contributed by atoms with Crippen molar-refractivity contribution in [3.05, 3.63) is 87.9 Å². The van der Waals surface area contributed by atoms with Crippen LogP contribution in [0.2, 0.25) is 0 Å². The molecule has 5 rings (SSSR count). The van der Waals surface area contributed by atoms with E-state index < -0.39 is 11.6 Å². The van der Waals surface area contributed by atoms with Gasteiger partial charge >= 0.3 is 17.3 Å². The number of thiazole rings is 1. The van der Waals surface area contributed by atoms with E-state index in [0.29, 0.717) is 22.2 Å². The minimum Gasteiger partial charge on any atom is -0.345 e. The number of aromatic amines is 1. The fourth-order valence-corrected chi connectivity index (χ4v) is 3.70. The Hall–Kier alpha value is -4.42. The van der Waals surface area contributed by atoms with Crippen LogP contribution in [-0.2, 0) is 9.63 Å². The fraction of sp³-hybridized carbons (Fsp3) is 0.0476. The molecule has 0 aliphatic carbocycles. The van der Waals surface area contributed by atoms with E-state index in [4.69, 9.17) is 9.36 Å². The van der Waals surface area contributed by atoms with E-state index in [0.717, 1.165) is 5.56 Å². The van der Waals surface area contributed by atoms with Crippen LogP contribution in [0.5, 0.6) is 0 Å². The highest BCUT2D eigenvalue weighted by atomic mass is 32.1. The highest BCUT2D eigenvalue weighted by Crippen LogP contribution is 2.26. The molecule has 3 heterocycles. The standard InChI is InChI=1S/C21H15N7O4S/c1-13-7-9-15(10-8-13)27-17(19(29)31-25-27)11-22-24-21-23-16(12-33-21)18-20(30)32-26-28(18)14-5-3-2-4-6-14/h2-12,25H,1H3/p+1/b17-11+,24-22?. The summed E-state index contributed by atoms with van der Waals surface area (Å²) in [5, 5.41) is 14.0. The third-order valence-electron chi connectivity index (χ3n) is 4.69. The lowest BCUT2D eigenvalue weighted by molar-refractivity contribution is -0.660. The fourth-order valence-electron chi connectivity index (χ4n) is 3.08. The molecule has 12 heteroatoms. The first-order valence-corrected chi connectivity index (χ1v) is 10.6. The number of carbonyl (C=O) groups is 1. The Kier molecular flexibility index (Phi) is 5.34. The first-order valence-electron chi connectivity index (χ1n) is 9.69. The predicted molar refractivity (Wildman–Crippen MR) is 117 cm³/mol. The normalized spacial score (nSPS) is 15.0. The average molecular weight is 462 g/mol. The van der Waals surface area contributed by atoms with Gasteiger partial charge in [0.15, 0.2) is 11.4 Å². The number of benzene rings is 2. The van der Waals surface area contributed by atoms with E-state index in [2.05, 4.69) is 26.1 Å². The number of hydrazine groups is 1. The maximum Gasteiger partial charge on any atom is 0.437 e. The number of nitrogens with one attached hydrogen (secondary N) is 2. The van der Waals surface area contributed by atoms with Gasteiger partial charge in [-0.3, -0.25) is 4.52 Å². The van der Waals surface area contributed by atoms with E-state index in [1.807, 2.05) is 61.5 Å². The summed E-state index contributed by atoms with van der Waals surface area (Å²) < 4.78 is 6.45. The van der Waals surface area contributed by atoms with Crippen LogP contribution < -0.4 is 20.9 Å². The molecule has 0 radical (unpaired) electrons. The van der Waals surface area contributed by atoms with Gasteiger partial charge in [-0.05, 0) is 29.0 Å². The lowest BCUT2D eigenvalue weighted by Gasteiger charge is -2.14. The summed E-state index contributed by atoms with van der Waals surface area (Å²) in [6, 6.07) is 16.7. The highest BCUT2D eigenvalue weighted by molar-refractivity contribution is 7.13. The number of hydrogen-bond donors (Lipinski definition) is 2. The average Bonchev–Trinajstić information content (AvgIpc) is 3.54. The SMILES string of the molecule is Cc1ccc(N2NOC(=O)/C2=C\N=Nc2nc(-c3c(=O)o[nH][n+]3-c3ccccc3)cs2)cc1. The summed E-state index contributed by atoms with van der Waals surface area (Å²) in [5.74, 6) is -0.594. The van der Waals surface area contributed by atoms with Gasteiger partial charge < -0.3 is 4.84 Å². The second-order valence-electron chi connectivity index (χ2n) is 6.90. The molecule has 0 saturated carbocycles. The van der Waals surface area contributed by atoms with Crippen LogP contribution >= 0.6 is 11.3 Å². The largest absolute Gasteiger partial charge is 0.437 e. The number of carbonyl (C=O) groups excluding carboxylic acids is 1. The van der Waals surface area contributed by atoms with Crippen molar-refractivity contribution in [1.82, 2.24) is 15.8 Å². The molecule has 2 aromatic heterocycles. The Morgan fingerprint density at radius 1 is 1.12 bits per heavy atom. The van der Waals surface area contributed by atoms with Gasteiger partial charge in [-0.2, -0.15) is 5.11 Å². The number of aryl methyl sites for hydroxylation is 1. The minimum atomic E-state index is -0.594. The second-order valence-corrected chi connectivity index (χ2v) is 7.73. The Morgan fingerprint density at radius 2 is 1.91 bits per heavy atom. The first-order chi connectivity index (χ1) is 16.1. The molecule has 164 valence electrons. The van der Waals surface area contributed by atoms with E-state index in [9.17, 15) is 9.59 Å². The summed E-state index contributed by atoms with van der Waals surface area (Å²) in [5.41, 5.74) is 5.24. The number of para-hydroxylation sites is 1. The van der Waals surface area contributed by atoms with Crippen LogP contribution in [0.3, 0.4) is 0 Å². The molecule has 0 spiro atoms. The van der Waals surface area contributed by atoms with Crippen LogP contribution in [0.25, 0.3) is 17.1 Å². The summed E-state index contributed by atoms with van der Waals surface area (Å²) >= 11 is 1.19. The first kappa shape index (κ1) is 20.5. The van der Waals surface area contributed by atoms with Crippen LogP contribution in [0, 0.1) is 6.92 Å². The molecule has 1 saturated heterocycles. The zero-order valence-electron chi connectivity index (χ0n) is 17.1. The van der Waals surface area contributed by atoms with Crippen molar-refractivity contribution in [2.75, 3.05) is 5.01 Å². The number of rotatable bonds is 5. The van der Waals surface area contributed by atoms with E-state index >= 15 is 0 Å². The zero-order chi connectivity index (χ0) is 22.8. The molecule has 0 bridgehead atoms. The molecule has 1 aliphatic rings. The van der Waals surface area contributed by atoms with Gasteiger partial charge in [0, 0.05) is 17.5 Å². The number of H-pyrrole nitrogens is 1. The van der Waals surface area contributed by atoms with Crippen LogP contribution in [0.1, 0.15) is 5.56 Å². The molecule has 1 aliphatic heterocycles. The molecular weight excluding hydrogens is 446 g/mol. The Balaban J connectivity index is 1.40. The lowest BCUT2D eigenvalue weighted by atomic mass is 10.2. The number of azo groups is 1. The van der Waals surface area contributed by atoms with Crippen molar-refractivity contribution < 1.29 is 18.8 Å². The molecule has 4 aromatic rings. The van der Waals surface area contributed by atoms with Crippen molar-refractivity contribution in [1.29, 1.82) is 0 Å². The quantitative estimate of drug-likeness (QED) is 0.265. The zero-order valence-corrected chi connectivity index (χ0v) is 17.9. The van der Waals surface area contributed by atoms with Crippen LogP contribution in [-0.4, -0.2) is 16.2 Å². The van der Waals surface area contributed by atoms with Crippen molar-refractivity contribution in [3.63, 3.8) is 0 Å². The maximum atomic E-state index is 12.3. The molecule has 33 heavy (non-hydrogen) atoms. The molecule has 2 aromatic carbocycles. The lowest BCUT2D eigenvalue weighted by Crippen LogP contribution is -2.36. The summed E-state index contributed by atoms with van der Waals surface area (Å²) in [6.07, 6.45) is 1.28. The molecule has 0 atom stereocenters. The Morgan fingerprint density at radius 3 is 2.70 bits per heavy atom. The summed E-state index contributed by atoms with van der Waals surface area (Å²) in [7, 11) is 0. The van der Waals surface area contributed by atoms with E-state index in [-0.39, 0.29) is 11.4 Å². The maximum absolute atomic E-state index is 12.3. The van der Waals surface area contributed by atoms with Gasteiger partial charge in [0.1, 0.15) is 0 Å². The van der Waals surface area contributed by atoms with E-state index in [1.54, 1.807) is 5.38 Å². The van der Waals surface area contributed by atoms with Crippen molar-refractivity contribution >= 4 is 28.1 Å². The molecule has 0 amide bonds. The Labute approximate surface area is 190 Å². The summed E-state index contributed by atoms with van der Waals surface area (Å²) in [6.45, 7) is 1.97. The van der Waals surface area contributed by atoms with Gasteiger partial charge in [-0.15, -0.1) is 16.5 Å². The number of anilines is 1. The second kappa shape index (κ2) is 8.61. The monoisotopic (exact) mass is 462 g/mol. The van der Waals surface area contributed by atoms with Gasteiger partial charge in [0.25, 0.3) is 0 Å². The van der Waals surface area contributed by atoms with Gasteiger partial charge in [0.05, 0.1) is 11.9 Å². The van der Waals surface area contributed by atoms with E-state index in [1.165, 1.54) is 27.2 Å². The molecule has 1 fully saturated rings. The number of aromatic nitrogens is 3. The van der Waals surface area contributed by atoms with Crippen molar-refractivity contribution in [2.45, 2.75) is 6.92 Å². The topological polar surface area (TPSA) is 129 Å². The third kappa shape index (κ3) is 4.07. The molecular formula is C21H16N7O4S+. The Bertz CT molecular complexity index is 1420. The number of nitrogens with zero attached hydrogens (tertiary/aromatic N) is 5. The van der Waals surface area contributed by atoms with Crippen molar-refractivity contribution in [2.24, 2.45) is 10.2 Å². The van der Waals surface area contributed by atoms with Crippen LogP contribution in [0.15, 0.2) is 91.4 Å². The van der Waals surface area contributed by atoms with Gasteiger partial charge in [-0.1, -0.05) is 41.5 Å².